The molecular weight excluding hydrogens is 200 g/mol. The number of rotatable bonds is 7. The van der Waals surface area contributed by atoms with Gasteiger partial charge < -0.3 is 8.85 Å². The minimum atomic E-state index is -1.42. The Morgan fingerprint density at radius 3 is 1.85 bits per heavy atom. The first kappa shape index (κ1) is 13.5. The van der Waals surface area contributed by atoms with Crippen molar-refractivity contribution < 1.29 is 8.85 Å². The SMILES string of the molecule is CC(C)O[SiH](CCCS)OC(C)C. The molecule has 0 aliphatic rings. The zero-order valence-corrected chi connectivity index (χ0v) is 11.2. The van der Waals surface area contributed by atoms with E-state index in [-0.39, 0.29) is 12.2 Å². The van der Waals surface area contributed by atoms with E-state index in [9.17, 15) is 0 Å². The van der Waals surface area contributed by atoms with Gasteiger partial charge in [-0.15, -0.1) is 0 Å². The molecule has 0 aliphatic heterocycles. The highest BCUT2D eigenvalue weighted by atomic mass is 32.1. The van der Waals surface area contributed by atoms with Crippen molar-refractivity contribution in [1.82, 2.24) is 0 Å². The Balaban J connectivity index is 3.73. The van der Waals surface area contributed by atoms with Crippen LogP contribution in [0.4, 0.5) is 0 Å². The van der Waals surface area contributed by atoms with Gasteiger partial charge in [-0.05, 0) is 45.9 Å². The molecule has 0 rings (SSSR count). The second-order valence-corrected chi connectivity index (χ2v) is 6.09. The average molecular weight is 222 g/mol. The van der Waals surface area contributed by atoms with Crippen LogP contribution in [0.3, 0.4) is 0 Å². The van der Waals surface area contributed by atoms with E-state index >= 15 is 0 Å². The lowest BCUT2D eigenvalue weighted by Crippen LogP contribution is -2.29. The second-order valence-electron chi connectivity index (χ2n) is 3.67. The molecule has 13 heavy (non-hydrogen) atoms. The van der Waals surface area contributed by atoms with Gasteiger partial charge in [0.05, 0.1) is 0 Å². The molecule has 0 radical (unpaired) electrons. The smallest absolute Gasteiger partial charge is 0.321 e. The molecule has 0 fully saturated rings. The van der Waals surface area contributed by atoms with Crippen LogP contribution in [0.25, 0.3) is 0 Å². The van der Waals surface area contributed by atoms with E-state index in [0.717, 1.165) is 18.2 Å². The van der Waals surface area contributed by atoms with Gasteiger partial charge in [0.2, 0.25) is 0 Å². The molecule has 4 heteroatoms. The zero-order valence-electron chi connectivity index (χ0n) is 9.12. The summed E-state index contributed by atoms with van der Waals surface area (Å²) in [6.07, 6.45) is 1.67. The van der Waals surface area contributed by atoms with Crippen LogP contribution in [-0.4, -0.2) is 27.2 Å². The Kier molecular flexibility index (Phi) is 8.14. The van der Waals surface area contributed by atoms with Gasteiger partial charge in [-0.3, -0.25) is 0 Å². The Morgan fingerprint density at radius 1 is 1.08 bits per heavy atom. The van der Waals surface area contributed by atoms with Crippen molar-refractivity contribution in [1.29, 1.82) is 0 Å². The Morgan fingerprint density at radius 2 is 1.54 bits per heavy atom. The molecule has 0 aromatic heterocycles. The predicted molar refractivity (Wildman–Crippen MR) is 62.9 cm³/mol. The largest absolute Gasteiger partial charge is 0.394 e. The highest BCUT2D eigenvalue weighted by Gasteiger charge is 2.15. The molecule has 0 bridgehead atoms. The number of thiol groups is 1. The van der Waals surface area contributed by atoms with Crippen molar-refractivity contribution in [2.75, 3.05) is 5.75 Å². The topological polar surface area (TPSA) is 18.5 Å². The fourth-order valence-corrected chi connectivity index (χ4v) is 3.65. The van der Waals surface area contributed by atoms with E-state index < -0.39 is 9.28 Å². The summed E-state index contributed by atoms with van der Waals surface area (Å²) in [5.41, 5.74) is 0. The van der Waals surface area contributed by atoms with Crippen LogP contribution in [0.1, 0.15) is 34.1 Å². The van der Waals surface area contributed by atoms with Crippen LogP contribution in [0.5, 0.6) is 0 Å². The molecule has 80 valence electrons. The molecule has 0 saturated heterocycles. The van der Waals surface area contributed by atoms with Crippen LogP contribution in [-0.2, 0) is 8.85 Å². The van der Waals surface area contributed by atoms with Crippen LogP contribution >= 0.6 is 12.6 Å². The molecule has 0 amide bonds. The summed E-state index contributed by atoms with van der Waals surface area (Å²) in [4.78, 5) is 0. The molecule has 0 atom stereocenters. The van der Waals surface area contributed by atoms with Gasteiger partial charge >= 0.3 is 9.28 Å². The average Bonchev–Trinajstić information content (AvgIpc) is 1.98. The van der Waals surface area contributed by atoms with Crippen LogP contribution < -0.4 is 0 Å². The monoisotopic (exact) mass is 222 g/mol. The molecule has 0 aromatic rings. The maximum atomic E-state index is 5.75. The molecule has 0 N–H and O–H groups in total. The Hall–Kier alpha value is 0.487. The molecule has 0 heterocycles. The third-order valence-corrected chi connectivity index (χ3v) is 4.34. The van der Waals surface area contributed by atoms with Crippen LogP contribution in [0.15, 0.2) is 0 Å². The van der Waals surface area contributed by atoms with Gasteiger partial charge in [-0.2, -0.15) is 12.6 Å². The quantitative estimate of drug-likeness (QED) is 0.527. The molecule has 0 aliphatic carbocycles. The van der Waals surface area contributed by atoms with Crippen molar-refractivity contribution in [3.05, 3.63) is 0 Å². The van der Waals surface area contributed by atoms with Crippen molar-refractivity contribution in [2.45, 2.75) is 52.4 Å². The third-order valence-electron chi connectivity index (χ3n) is 1.45. The van der Waals surface area contributed by atoms with Crippen molar-refractivity contribution in [2.24, 2.45) is 0 Å². The van der Waals surface area contributed by atoms with Crippen LogP contribution in [0.2, 0.25) is 6.04 Å². The highest BCUT2D eigenvalue weighted by molar-refractivity contribution is 7.80. The second kappa shape index (κ2) is 7.85. The lowest BCUT2D eigenvalue weighted by Gasteiger charge is -2.21. The fourth-order valence-electron chi connectivity index (χ4n) is 1.03. The van der Waals surface area contributed by atoms with E-state index in [1.54, 1.807) is 0 Å². The lowest BCUT2D eigenvalue weighted by atomic mass is 10.5. The summed E-state index contributed by atoms with van der Waals surface area (Å²) < 4.78 is 11.5. The van der Waals surface area contributed by atoms with E-state index in [1.165, 1.54) is 0 Å². The van der Waals surface area contributed by atoms with Crippen molar-refractivity contribution >= 4 is 21.9 Å². The first-order valence-electron chi connectivity index (χ1n) is 4.98. The Labute approximate surface area is 89.3 Å². The van der Waals surface area contributed by atoms with E-state index in [1.807, 2.05) is 0 Å². The first-order valence-corrected chi connectivity index (χ1v) is 7.37. The normalized spacial score (nSPS) is 12.0. The maximum absolute atomic E-state index is 5.75. The van der Waals surface area contributed by atoms with Crippen molar-refractivity contribution in [3.63, 3.8) is 0 Å². The summed E-state index contributed by atoms with van der Waals surface area (Å²) in [6.45, 7) is 8.24. The molecular formula is C9H22O2SSi. The fraction of sp³-hybridized carbons (Fsp3) is 1.00. The first-order chi connectivity index (χ1) is 6.06. The van der Waals surface area contributed by atoms with Crippen LogP contribution in [0, 0.1) is 0 Å². The number of hydrogen-bond donors (Lipinski definition) is 1. The molecule has 0 unspecified atom stereocenters. The molecule has 0 spiro atoms. The van der Waals surface area contributed by atoms with E-state index in [2.05, 4.69) is 40.3 Å². The number of hydrogen-bond acceptors (Lipinski definition) is 3. The van der Waals surface area contributed by atoms with Gasteiger partial charge in [0.25, 0.3) is 0 Å². The maximum Gasteiger partial charge on any atom is 0.321 e. The van der Waals surface area contributed by atoms with E-state index in [0.29, 0.717) is 0 Å². The van der Waals surface area contributed by atoms with Gasteiger partial charge in [0.1, 0.15) is 0 Å². The molecule has 2 nitrogen and oxygen atoms in total. The molecule has 0 saturated carbocycles. The van der Waals surface area contributed by atoms with Gasteiger partial charge in [0, 0.05) is 12.2 Å². The minimum Gasteiger partial charge on any atom is -0.394 e. The summed E-state index contributed by atoms with van der Waals surface area (Å²) in [5, 5.41) is 0. The zero-order chi connectivity index (χ0) is 10.3. The predicted octanol–water partition coefficient (Wildman–Crippen LogP) is 2.38. The van der Waals surface area contributed by atoms with E-state index in [4.69, 9.17) is 8.85 Å². The van der Waals surface area contributed by atoms with Crippen molar-refractivity contribution in [3.8, 4) is 0 Å². The minimum absolute atomic E-state index is 0.287. The van der Waals surface area contributed by atoms with Gasteiger partial charge in [-0.1, -0.05) is 0 Å². The highest BCUT2D eigenvalue weighted by Crippen LogP contribution is 2.07. The van der Waals surface area contributed by atoms with Gasteiger partial charge in [0.15, 0.2) is 0 Å². The summed E-state index contributed by atoms with van der Waals surface area (Å²) in [5.74, 6) is 0.923. The summed E-state index contributed by atoms with van der Waals surface area (Å²) in [7, 11) is -1.42. The summed E-state index contributed by atoms with van der Waals surface area (Å²) >= 11 is 4.19. The summed E-state index contributed by atoms with van der Waals surface area (Å²) in [6, 6.07) is 1.07. The Bertz CT molecular complexity index is 110. The molecule has 0 aromatic carbocycles. The standard InChI is InChI=1S/C9H22O2SSi/c1-8(2)10-13(7-5-6-12)11-9(3)4/h8-9,12-13H,5-7H2,1-4H3. The van der Waals surface area contributed by atoms with Gasteiger partial charge in [-0.25, -0.2) is 0 Å². The lowest BCUT2D eigenvalue weighted by molar-refractivity contribution is 0.129. The third kappa shape index (κ3) is 8.81.